The maximum absolute atomic E-state index is 11.6. The smallest absolute Gasteiger partial charge is 0.243 e. The number of likely N-dealkylation sites (N-methyl/N-ethyl adjacent to an activating group) is 2. The summed E-state index contributed by atoms with van der Waals surface area (Å²) in [5.41, 5.74) is 0.928. The van der Waals surface area contributed by atoms with E-state index >= 15 is 0 Å². The van der Waals surface area contributed by atoms with Crippen molar-refractivity contribution in [3.63, 3.8) is 0 Å². The van der Waals surface area contributed by atoms with Gasteiger partial charge in [0.2, 0.25) is 5.91 Å². The van der Waals surface area contributed by atoms with E-state index in [9.17, 15) is 4.79 Å². The fraction of sp³-hybridized carbons (Fsp3) is 0.667. The lowest BCUT2D eigenvalue weighted by Gasteiger charge is -2.20. The molecule has 0 aromatic carbocycles. The van der Waals surface area contributed by atoms with Crippen molar-refractivity contribution in [1.82, 2.24) is 10.2 Å². The zero-order valence-corrected chi connectivity index (χ0v) is 7.76. The van der Waals surface area contributed by atoms with Crippen LogP contribution in [0.4, 0.5) is 0 Å². The molecule has 0 radical (unpaired) electrons. The maximum atomic E-state index is 11.6. The second-order valence-electron chi connectivity index (χ2n) is 3.20. The summed E-state index contributed by atoms with van der Waals surface area (Å²) in [5.74, 6) is 0.139. The van der Waals surface area contributed by atoms with Crippen molar-refractivity contribution < 1.29 is 4.79 Å². The van der Waals surface area contributed by atoms with E-state index in [1.165, 1.54) is 0 Å². The van der Waals surface area contributed by atoms with Crippen molar-refractivity contribution >= 4 is 5.91 Å². The lowest BCUT2D eigenvalue weighted by molar-refractivity contribution is -0.129. The molecule has 1 saturated heterocycles. The molecular formula is C9H16N2O. The molecular weight excluding hydrogens is 152 g/mol. The first kappa shape index (κ1) is 9.26. The van der Waals surface area contributed by atoms with Gasteiger partial charge in [-0.2, -0.15) is 0 Å². The van der Waals surface area contributed by atoms with Crippen LogP contribution < -0.4 is 5.32 Å². The average Bonchev–Trinajstić information content (AvgIpc) is 2.19. The largest absolute Gasteiger partial charge is 0.319 e. The van der Waals surface area contributed by atoms with Gasteiger partial charge in [0, 0.05) is 12.7 Å². The Morgan fingerprint density at radius 1 is 1.67 bits per heavy atom. The third-order valence-electron chi connectivity index (χ3n) is 2.41. The highest BCUT2D eigenvalue weighted by Gasteiger charge is 2.24. The number of hydrogen-bond acceptors (Lipinski definition) is 2. The van der Waals surface area contributed by atoms with Gasteiger partial charge in [0.15, 0.2) is 0 Å². The second kappa shape index (κ2) is 3.72. The van der Waals surface area contributed by atoms with Crippen molar-refractivity contribution in [2.24, 2.45) is 0 Å². The van der Waals surface area contributed by atoms with Gasteiger partial charge in [-0.15, -0.1) is 0 Å². The zero-order valence-electron chi connectivity index (χ0n) is 7.76. The Morgan fingerprint density at radius 2 is 2.33 bits per heavy atom. The molecule has 0 aromatic heterocycles. The van der Waals surface area contributed by atoms with Crippen LogP contribution in [0.5, 0.6) is 0 Å². The SMILES string of the molecule is C=C1CCCC(NC)C(=O)N1C. The molecule has 68 valence electrons. The molecule has 0 saturated carbocycles. The number of hydrogen-bond donors (Lipinski definition) is 1. The first-order valence-corrected chi connectivity index (χ1v) is 4.29. The van der Waals surface area contributed by atoms with Crippen molar-refractivity contribution in [1.29, 1.82) is 0 Å². The van der Waals surface area contributed by atoms with Gasteiger partial charge in [-0.3, -0.25) is 4.79 Å². The van der Waals surface area contributed by atoms with Gasteiger partial charge in [-0.05, 0) is 26.3 Å². The lowest BCUT2D eigenvalue weighted by Crippen LogP contribution is -2.41. The fourth-order valence-corrected chi connectivity index (χ4v) is 1.46. The Hall–Kier alpha value is -0.830. The number of amides is 1. The van der Waals surface area contributed by atoms with E-state index in [0.29, 0.717) is 0 Å². The molecule has 0 spiro atoms. The minimum absolute atomic E-state index is 0.0192. The minimum Gasteiger partial charge on any atom is -0.319 e. The minimum atomic E-state index is -0.0192. The molecule has 1 aliphatic rings. The highest BCUT2D eigenvalue weighted by molar-refractivity contribution is 5.83. The van der Waals surface area contributed by atoms with E-state index in [1.807, 2.05) is 7.05 Å². The van der Waals surface area contributed by atoms with E-state index in [4.69, 9.17) is 0 Å². The number of nitrogens with one attached hydrogen (secondary N) is 1. The molecule has 1 amide bonds. The summed E-state index contributed by atoms with van der Waals surface area (Å²) in [6.07, 6.45) is 2.89. The predicted octanol–water partition coefficient (Wildman–Crippen LogP) is 0.730. The number of carbonyl (C=O) groups excluding carboxylic acids is 1. The highest BCUT2D eigenvalue weighted by atomic mass is 16.2. The van der Waals surface area contributed by atoms with Crippen LogP contribution in [-0.4, -0.2) is 30.9 Å². The third-order valence-corrected chi connectivity index (χ3v) is 2.41. The monoisotopic (exact) mass is 168 g/mol. The summed E-state index contributed by atoms with van der Waals surface area (Å²) in [7, 11) is 3.62. The number of nitrogens with zero attached hydrogens (tertiary/aromatic N) is 1. The Balaban J connectivity index is 2.73. The third kappa shape index (κ3) is 1.67. The molecule has 0 bridgehead atoms. The first-order valence-electron chi connectivity index (χ1n) is 4.29. The maximum Gasteiger partial charge on any atom is 0.243 e. The summed E-state index contributed by atoms with van der Waals surface area (Å²) in [6.45, 7) is 3.85. The van der Waals surface area contributed by atoms with E-state index in [0.717, 1.165) is 25.0 Å². The van der Waals surface area contributed by atoms with Crippen LogP contribution in [0.15, 0.2) is 12.3 Å². The van der Waals surface area contributed by atoms with Gasteiger partial charge in [0.1, 0.15) is 0 Å². The van der Waals surface area contributed by atoms with Gasteiger partial charge in [-0.25, -0.2) is 0 Å². The zero-order chi connectivity index (χ0) is 9.14. The summed E-state index contributed by atoms with van der Waals surface area (Å²) in [4.78, 5) is 13.3. The molecule has 0 aromatic rings. The van der Waals surface area contributed by atoms with Crippen LogP contribution in [-0.2, 0) is 4.79 Å². The van der Waals surface area contributed by atoms with E-state index < -0.39 is 0 Å². The van der Waals surface area contributed by atoms with Crippen LogP contribution in [0.2, 0.25) is 0 Å². The Labute approximate surface area is 73.4 Å². The van der Waals surface area contributed by atoms with Gasteiger partial charge in [0.05, 0.1) is 6.04 Å². The summed E-state index contributed by atoms with van der Waals surface area (Å²) in [5, 5.41) is 3.01. The Morgan fingerprint density at radius 3 is 2.92 bits per heavy atom. The molecule has 0 aliphatic carbocycles. The number of carbonyl (C=O) groups is 1. The Kier molecular flexibility index (Phi) is 2.87. The molecule has 1 N–H and O–H groups in total. The molecule has 1 unspecified atom stereocenters. The van der Waals surface area contributed by atoms with Crippen LogP contribution in [0, 0.1) is 0 Å². The molecule has 12 heavy (non-hydrogen) atoms. The van der Waals surface area contributed by atoms with E-state index in [1.54, 1.807) is 11.9 Å². The van der Waals surface area contributed by atoms with Gasteiger partial charge in [-0.1, -0.05) is 6.58 Å². The number of rotatable bonds is 1. The summed E-state index contributed by atoms with van der Waals surface area (Å²) < 4.78 is 0. The standard InChI is InChI=1S/C9H16N2O/c1-7-5-4-6-8(10-2)9(12)11(7)3/h8,10H,1,4-6H2,2-3H3. The quantitative estimate of drug-likeness (QED) is 0.626. The average molecular weight is 168 g/mol. The fourth-order valence-electron chi connectivity index (χ4n) is 1.46. The first-order chi connectivity index (χ1) is 5.66. The van der Waals surface area contributed by atoms with Crippen molar-refractivity contribution in [2.45, 2.75) is 25.3 Å². The molecule has 1 heterocycles. The number of likely N-dealkylation sites (tertiary alicyclic amines) is 1. The van der Waals surface area contributed by atoms with Gasteiger partial charge >= 0.3 is 0 Å². The highest BCUT2D eigenvalue weighted by Crippen LogP contribution is 2.17. The number of allylic oxidation sites excluding steroid dienone is 1. The van der Waals surface area contributed by atoms with Crippen LogP contribution in [0.3, 0.4) is 0 Å². The van der Waals surface area contributed by atoms with Crippen molar-refractivity contribution in [3.8, 4) is 0 Å². The summed E-state index contributed by atoms with van der Waals surface area (Å²) in [6, 6.07) is -0.0192. The van der Waals surface area contributed by atoms with Gasteiger partial charge in [0.25, 0.3) is 0 Å². The van der Waals surface area contributed by atoms with Crippen LogP contribution >= 0.6 is 0 Å². The van der Waals surface area contributed by atoms with E-state index in [2.05, 4.69) is 11.9 Å². The van der Waals surface area contributed by atoms with Gasteiger partial charge < -0.3 is 10.2 Å². The van der Waals surface area contributed by atoms with Crippen molar-refractivity contribution in [2.75, 3.05) is 14.1 Å². The molecule has 1 rings (SSSR count). The van der Waals surface area contributed by atoms with Crippen LogP contribution in [0.1, 0.15) is 19.3 Å². The molecule has 3 nitrogen and oxygen atoms in total. The topological polar surface area (TPSA) is 32.3 Å². The lowest BCUT2D eigenvalue weighted by atomic mass is 10.1. The molecule has 1 atom stereocenters. The summed E-state index contributed by atoms with van der Waals surface area (Å²) >= 11 is 0. The normalized spacial score (nSPS) is 25.8. The van der Waals surface area contributed by atoms with E-state index in [-0.39, 0.29) is 11.9 Å². The van der Waals surface area contributed by atoms with Crippen LogP contribution in [0.25, 0.3) is 0 Å². The Bertz CT molecular complexity index is 201. The molecule has 3 heteroatoms. The molecule has 1 aliphatic heterocycles. The second-order valence-corrected chi connectivity index (χ2v) is 3.20. The van der Waals surface area contributed by atoms with Crippen molar-refractivity contribution in [3.05, 3.63) is 12.3 Å². The predicted molar refractivity (Wildman–Crippen MR) is 48.6 cm³/mol. The molecule has 1 fully saturated rings.